The Morgan fingerprint density at radius 1 is 0.966 bits per heavy atom. The van der Waals surface area contributed by atoms with E-state index in [1.54, 1.807) is 49.6 Å². The Labute approximate surface area is 167 Å². The SMILES string of the molecule is COc1cncc(-n2cc3nc(-c4cnc(OC)c(OC)c4)cc(C)c3c2O)c1. The van der Waals surface area contributed by atoms with Gasteiger partial charge in [0.05, 0.1) is 56.0 Å². The summed E-state index contributed by atoms with van der Waals surface area (Å²) in [5.41, 5.74) is 3.70. The topological polar surface area (TPSA) is 91.5 Å². The molecule has 0 aromatic carbocycles. The molecule has 4 heterocycles. The molecule has 0 bridgehead atoms. The second-order valence-corrected chi connectivity index (χ2v) is 6.43. The molecule has 29 heavy (non-hydrogen) atoms. The third-order valence-corrected chi connectivity index (χ3v) is 4.69. The first-order valence-corrected chi connectivity index (χ1v) is 8.85. The molecule has 8 nitrogen and oxygen atoms in total. The molecule has 0 radical (unpaired) electrons. The quantitative estimate of drug-likeness (QED) is 0.555. The van der Waals surface area contributed by atoms with Crippen molar-refractivity contribution in [3.63, 3.8) is 0 Å². The molecule has 0 saturated carbocycles. The Kier molecular flexibility index (Phi) is 4.67. The highest BCUT2D eigenvalue weighted by Crippen LogP contribution is 2.35. The number of nitrogens with zero attached hydrogens (tertiary/aromatic N) is 4. The third-order valence-electron chi connectivity index (χ3n) is 4.69. The second-order valence-electron chi connectivity index (χ2n) is 6.43. The van der Waals surface area contributed by atoms with Crippen LogP contribution in [0.5, 0.6) is 23.3 Å². The van der Waals surface area contributed by atoms with E-state index in [0.29, 0.717) is 39.7 Å². The van der Waals surface area contributed by atoms with Gasteiger partial charge in [-0.1, -0.05) is 0 Å². The zero-order valence-electron chi connectivity index (χ0n) is 16.5. The van der Waals surface area contributed by atoms with Crippen LogP contribution in [0.15, 0.2) is 43.0 Å². The fourth-order valence-corrected chi connectivity index (χ4v) is 3.25. The van der Waals surface area contributed by atoms with E-state index in [9.17, 15) is 5.11 Å². The van der Waals surface area contributed by atoms with Crippen molar-refractivity contribution in [2.75, 3.05) is 21.3 Å². The van der Waals surface area contributed by atoms with Crippen LogP contribution in [0.25, 0.3) is 27.8 Å². The van der Waals surface area contributed by atoms with Crippen molar-refractivity contribution in [2.45, 2.75) is 6.92 Å². The minimum atomic E-state index is 0.0945. The largest absolute Gasteiger partial charge is 0.495 e. The van der Waals surface area contributed by atoms with E-state index in [2.05, 4.69) is 9.97 Å². The van der Waals surface area contributed by atoms with Crippen LogP contribution in [0.1, 0.15) is 5.56 Å². The van der Waals surface area contributed by atoms with Crippen LogP contribution < -0.4 is 14.2 Å². The predicted molar refractivity (Wildman–Crippen MR) is 108 cm³/mol. The van der Waals surface area contributed by atoms with Gasteiger partial charge in [0.15, 0.2) is 5.75 Å². The van der Waals surface area contributed by atoms with E-state index in [0.717, 1.165) is 11.1 Å². The number of aromatic hydroxyl groups is 1. The van der Waals surface area contributed by atoms with E-state index in [4.69, 9.17) is 19.2 Å². The zero-order valence-corrected chi connectivity index (χ0v) is 16.5. The molecule has 4 rings (SSSR count). The fourth-order valence-electron chi connectivity index (χ4n) is 3.25. The summed E-state index contributed by atoms with van der Waals surface area (Å²) in [5.74, 6) is 1.62. The second kappa shape index (κ2) is 7.31. The van der Waals surface area contributed by atoms with Gasteiger partial charge in [-0.2, -0.15) is 0 Å². The van der Waals surface area contributed by atoms with Crippen LogP contribution in [-0.4, -0.2) is 46.0 Å². The summed E-state index contributed by atoms with van der Waals surface area (Å²) in [6.07, 6.45) is 6.70. The maximum atomic E-state index is 10.8. The van der Waals surface area contributed by atoms with Gasteiger partial charge < -0.3 is 19.3 Å². The normalized spacial score (nSPS) is 10.9. The number of ether oxygens (including phenoxy) is 3. The van der Waals surface area contributed by atoms with Crippen LogP contribution in [-0.2, 0) is 0 Å². The highest BCUT2D eigenvalue weighted by molar-refractivity contribution is 5.90. The predicted octanol–water partition coefficient (Wildman–Crippen LogP) is 3.52. The van der Waals surface area contributed by atoms with Crippen LogP contribution >= 0.6 is 0 Å². The Balaban J connectivity index is 1.86. The minimum Gasteiger partial charge on any atom is -0.495 e. The summed E-state index contributed by atoms with van der Waals surface area (Å²) >= 11 is 0. The minimum absolute atomic E-state index is 0.0945. The lowest BCUT2D eigenvalue weighted by Crippen LogP contribution is -1.95. The summed E-state index contributed by atoms with van der Waals surface area (Å²) in [6.45, 7) is 1.93. The first-order valence-electron chi connectivity index (χ1n) is 8.85. The molecule has 0 amide bonds. The summed E-state index contributed by atoms with van der Waals surface area (Å²) in [6, 6.07) is 5.52. The van der Waals surface area contributed by atoms with Crippen molar-refractivity contribution in [2.24, 2.45) is 0 Å². The summed E-state index contributed by atoms with van der Waals surface area (Å²) in [4.78, 5) is 13.2. The Hall–Kier alpha value is -3.81. The molecule has 4 aromatic rings. The van der Waals surface area contributed by atoms with Crippen LogP contribution in [0.3, 0.4) is 0 Å². The lowest BCUT2D eigenvalue weighted by atomic mass is 10.1. The van der Waals surface area contributed by atoms with E-state index in [1.165, 1.54) is 7.11 Å². The molecular weight excluding hydrogens is 372 g/mol. The standard InChI is InChI=1S/C21H20N4O4/c1-12-5-16(13-6-18(28-3)20(29-4)23-8-13)24-17-11-25(21(26)19(12)17)14-7-15(27-2)10-22-9-14/h5-11,26H,1-4H3. The smallest absolute Gasteiger partial charge is 0.256 e. The Bertz CT molecular complexity index is 1200. The van der Waals surface area contributed by atoms with Crippen molar-refractivity contribution in [1.29, 1.82) is 0 Å². The molecule has 148 valence electrons. The molecule has 0 fully saturated rings. The van der Waals surface area contributed by atoms with E-state index >= 15 is 0 Å². The highest BCUT2D eigenvalue weighted by atomic mass is 16.5. The summed E-state index contributed by atoms with van der Waals surface area (Å²) in [5, 5.41) is 11.5. The molecule has 8 heteroatoms. The number of methoxy groups -OCH3 is 3. The number of hydrogen-bond donors (Lipinski definition) is 1. The monoisotopic (exact) mass is 392 g/mol. The fraction of sp³-hybridized carbons (Fsp3) is 0.190. The number of pyridine rings is 3. The average Bonchev–Trinajstić information content (AvgIpc) is 3.10. The van der Waals surface area contributed by atoms with Crippen molar-refractivity contribution < 1.29 is 19.3 Å². The lowest BCUT2D eigenvalue weighted by Gasteiger charge is -2.09. The first-order chi connectivity index (χ1) is 14.0. The van der Waals surface area contributed by atoms with E-state index < -0.39 is 0 Å². The molecule has 0 atom stereocenters. The lowest BCUT2D eigenvalue weighted by molar-refractivity contribution is 0.343. The van der Waals surface area contributed by atoms with Crippen molar-refractivity contribution in [3.05, 3.63) is 48.5 Å². The van der Waals surface area contributed by atoms with Crippen molar-refractivity contribution >= 4 is 10.9 Å². The highest BCUT2D eigenvalue weighted by Gasteiger charge is 2.17. The Morgan fingerprint density at radius 3 is 2.52 bits per heavy atom. The summed E-state index contributed by atoms with van der Waals surface area (Å²) in [7, 11) is 4.67. The van der Waals surface area contributed by atoms with Gasteiger partial charge in [0.2, 0.25) is 5.88 Å². The molecule has 0 aliphatic carbocycles. The number of aryl methyl sites for hydroxylation is 1. The molecule has 0 spiro atoms. The van der Waals surface area contributed by atoms with Gasteiger partial charge >= 0.3 is 0 Å². The van der Waals surface area contributed by atoms with Crippen molar-refractivity contribution in [1.82, 2.24) is 19.5 Å². The number of fused-ring (bicyclic) bond motifs is 1. The van der Waals surface area contributed by atoms with Crippen LogP contribution in [0.4, 0.5) is 0 Å². The first kappa shape index (κ1) is 18.5. The van der Waals surface area contributed by atoms with Gasteiger partial charge in [-0.05, 0) is 24.6 Å². The third kappa shape index (κ3) is 3.18. The molecule has 4 aromatic heterocycles. The zero-order chi connectivity index (χ0) is 20.5. The molecule has 0 unspecified atom stereocenters. The maximum Gasteiger partial charge on any atom is 0.256 e. The van der Waals surface area contributed by atoms with Gasteiger partial charge in [0.1, 0.15) is 5.75 Å². The van der Waals surface area contributed by atoms with Gasteiger partial charge in [-0.3, -0.25) is 9.55 Å². The molecular formula is C21H20N4O4. The van der Waals surface area contributed by atoms with E-state index in [-0.39, 0.29) is 5.88 Å². The van der Waals surface area contributed by atoms with Crippen LogP contribution in [0.2, 0.25) is 0 Å². The maximum absolute atomic E-state index is 10.8. The van der Waals surface area contributed by atoms with Crippen LogP contribution in [0, 0.1) is 6.92 Å². The molecule has 0 aliphatic heterocycles. The van der Waals surface area contributed by atoms with Gasteiger partial charge in [-0.15, -0.1) is 0 Å². The number of hydrogen-bond acceptors (Lipinski definition) is 7. The molecule has 0 saturated heterocycles. The molecule has 1 N–H and O–H groups in total. The van der Waals surface area contributed by atoms with Crippen molar-refractivity contribution in [3.8, 4) is 40.2 Å². The molecule has 0 aliphatic rings. The Morgan fingerprint density at radius 2 is 1.79 bits per heavy atom. The van der Waals surface area contributed by atoms with E-state index in [1.807, 2.05) is 19.1 Å². The number of aromatic nitrogens is 4. The van der Waals surface area contributed by atoms with Gasteiger partial charge in [0.25, 0.3) is 5.88 Å². The van der Waals surface area contributed by atoms with Gasteiger partial charge in [0, 0.05) is 24.0 Å². The average molecular weight is 392 g/mol. The van der Waals surface area contributed by atoms with Gasteiger partial charge in [-0.25, -0.2) is 9.97 Å². The number of rotatable bonds is 5. The summed E-state index contributed by atoms with van der Waals surface area (Å²) < 4.78 is 17.4.